The standard InChI is InChI=1S/C44H64N2O3/c1-28(2)31-18-23-44(27-45-38(47)34-11-10-26-46(34)8)25-24-42(6)33(37(31)44)16-17-36-41(5)21-19-32(29-12-14-30(15-13-29)39(48)49-9)40(3,4)35(41)20-22-43(36,42)7/h12-15,19,31,33-37H,1,10-11,16-18,20-27H2,2-9H3,(H,45,47)/t31-,33+,34-,35-,36+,37+,41-,42+,43+,44+/m0/s1. The summed E-state index contributed by atoms with van der Waals surface area (Å²) >= 11 is 0. The molecule has 5 nitrogen and oxygen atoms in total. The minimum absolute atomic E-state index is 0.0425. The van der Waals surface area contributed by atoms with Gasteiger partial charge < -0.3 is 10.1 Å². The first kappa shape index (κ1) is 35.0. The second-order valence-corrected chi connectivity index (χ2v) is 19.0. The molecule has 4 saturated carbocycles. The topological polar surface area (TPSA) is 58.6 Å². The zero-order valence-corrected chi connectivity index (χ0v) is 31.9. The summed E-state index contributed by atoms with van der Waals surface area (Å²) in [6.07, 6.45) is 16.0. The third-order valence-corrected chi connectivity index (χ3v) is 16.9. The number of carbonyl (C=O) groups excluding carboxylic acids is 2. The van der Waals surface area contributed by atoms with Crippen LogP contribution in [-0.2, 0) is 9.53 Å². The second-order valence-electron chi connectivity index (χ2n) is 19.0. The normalized spacial score (nSPS) is 42.6. The molecule has 0 unspecified atom stereocenters. The maximum atomic E-state index is 13.5. The number of methoxy groups -OCH3 is 1. The van der Waals surface area contributed by atoms with Gasteiger partial charge in [-0.25, -0.2) is 4.79 Å². The molecule has 7 rings (SSSR count). The minimum atomic E-state index is -0.277. The molecule has 268 valence electrons. The quantitative estimate of drug-likeness (QED) is 0.243. The van der Waals surface area contributed by atoms with Crippen LogP contribution >= 0.6 is 0 Å². The first-order valence-corrected chi connectivity index (χ1v) is 19.7. The SMILES string of the molecule is C=C(C)[C@@H]1CC[C@]2(CNC(=O)[C@@H]3CCCN3C)CC[C@]3(C)[C@H](CC[C@@H]4[C@@]5(C)CC=C(c6ccc(C(=O)OC)cc6)C(C)(C)[C@@H]5CC[C@]43C)[C@@H]12. The number of likely N-dealkylation sites (tertiary alicyclic amines) is 1. The van der Waals surface area contributed by atoms with Crippen LogP contribution in [0.1, 0.15) is 128 Å². The number of likely N-dealkylation sites (N-methyl/N-ethyl adjacent to an activating group) is 1. The highest BCUT2D eigenvalue weighted by molar-refractivity contribution is 5.90. The summed E-state index contributed by atoms with van der Waals surface area (Å²) in [4.78, 5) is 27.9. The maximum absolute atomic E-state index is 13.5. The molecule has 1 aliphatic heterocycles. The molecule has 1 saturated heterocycles. The van der Waals surface area contributed by atoms with Crippen molar-refractivity contribution in [2.24, 2.45) is 56.7 Å². The van der Waals surface area contributed by atoms with Gasteiger partial charge in [-0.1, -0.05) is 65.0 Å². The molecule has 10 atom stereocenters. The van der Waals surface area contributed by atoms with Crippen molar-refractivity contribution in [3.8, 4) is 0 Å². The number of esters is 1. The van der Waals surface area contributed by atoms with E-state index < -0.39 is 0 Å². The summed E-state index contributed by atoms with van der Waals surface area (Å²) in [6, 6.07) is 8.15. The summed E-state index contributed by atoms with van der Waals surface area (Å²) in [5.41, 5.74) is 5.72. The Morgan fingerprint density at radius 1 is 0.918 bits per heavy atom. The number of hydrogen-bond donors (Lipinski definition) is 1. The fourth-order valence-corrected chi connectivity index (χ4v) is 14.2. The van der Waals surface area contributed by atoms with Crippen LogP contribution in [0.2, 0.25) is 0 Å². The lowest BCUT2D eigenvalue weighted by Gasteiger charge is -2.72. The summed E-state index contributed by atoms with van der Waals surface area (Å²) in [6.45, 7) is 21.8. The van der Waals surface area contributed by atoms with Crippen molar-refractivity contribution in [2.75, 3.05) is 27.2 Å². The van der Waals surface area contributed by atoms with E-state index in [0.29, 0.717) is 35.2 Å². The minimum Gasteiger partial charge on any atom is -0.465 e. The number of fused-ring (bicyclic) bond motifs is 7. The average molecular weight is 669 g/mol. The number of nitrogens with one attached hydrogen (secondary N) is 1. The number of allylic oxidation sites excluding steroid dienone is 3. The lowest BCUT2D eigenvalue weighted by atomic mass is 9.32. The molecule has 1 aromatic rings. The van der Waals surface area contributed by atoms with Gasteiger partial charge in [-0.05, 0) is 171 Å². The number of rotatable bonds is 6. The molecule has 6 aliphatic rings. The fourth-order valence-electron chi connectivity index (χ4n) is 14.2. The van der Waals surface area contributed by atoms with Gasteiger partial charge in [0, 0.05) is 6.54 Å². The molecule has 5 fully saturated rings. The highest BCUT2D eigenvalue weighted by Gasteiger charge is 2.70. The number of amides is 1. The van der Waals surface area contributed by atoms with E-state index in [1.54, 1.807) is 0 Å². The fraction of sp³-hybridized carbons (Fsp3) is 0.727. The highest BCUT2D eigenvalue weighted by Crippen LogP contribution is 2.77. The molecule has 1 heterocycles. The Kier molecular flexibility index (Phi) is 8.64. The number of carbonyl (C=O) groups is 2. The van der Waals surface area contributed by atoms with Gasteiger partial charge in [0.2, 0.25) is 5.91 Å². The lowest BCUT2D eigenvalue weighted by Crippen LogP contribution is -2.66. The molecular weight excluding hydrogens is 604 g/mol. The number of hydrogen-bond acceptors (Lipinski definition) is 4. The van der Waals surface area contributed by atoms with Crippen LogP contribution in [0, 0.1) is 56.7 Å². The smallest absolute Gasteiger partial charge is 0.337 e. The summed E-state index contributed by atoms with van der Waals surface area (Å²) in [7, 11) is 3.56. The van der Waals surface area contributed by atoms with E-state index in [9.17, 15) is 9.59 Å². The molecule has 0 spiro atoms. The average Bonchev–Trinajstić information content (AvgIpc) is 3.67. The van der Waals surface area contributed by atoms with Gasteiger partial charge in [-0.15, -0.1) is 0 Å². The van der Waals surface area contributed by atoms with Gasteiger partial charge in [0.1, 0.15) is 0 Å². The predicted octanol–water partition coefficient (Wildman–Crippen LogP) is 9.33. The Balaban J connectivity index is 1.17. The Labute approximate surface area is 297 Å². The Bertz CT molecular complexity index is 1530. The largest absolute Gasteiger partial charge is 0.465 e. The van der Waals surface area contributed by atoms with E-state index >= 15 is 0 Å². The van der Waals surface area contributed by atoms with Crippen molar-refractivity contribution in [3.63, 3.8) is 0 Å². The van der Waals surface area contributed by atoms with E-state index in [4.69, 9.17) is 4.74 Å². The van der Waals surface area contributed by atoms with Crippen molar-refractivity contribution < 1.29 is 14.3 Å². The predicted molar refractivity (Wildman–Crippen MR) is 199 cm³/mol. The van der Waals surface area contributed by atoms with Crippen LogP contribution in [0.4, 0.5) is 0 Å². The third kappa shape index (κ3) is 5.08. The lowest BCUT2D eigenvalue weighted by molar-refractivity contribution is -0.225. The maximum Gasteiger partial charge on any atom is 0.337 e. The molecule has 1 aromatic carbocycles. The van der Waals surface area contributed by atoms with Crippen LogP contribution in [-0.4, -0.2) is 50.1 Å². The Morgan fingerprint density at radius 2 is 1.65 bits per heavy atom. The number of benzene rings is 1. The van der Waals surface area contributed by atoms with Crippen molar-refractivity contribution in [2.45, 2.75) is 118 Å². The molecule has 1 N–H and O–H groups in total. The summed E-state index contributed by atoms with van der Waals surface area (Å²) in [5.74, 6) is 3.12. The van der Waals surface area contributed by atoms with Crippen molar-refractivity contribution >= 4 is 17.4 Å². The van der Waals surface area contributed by atoms with Gasteiger partial charge in [0.05, 0.1) is 18.7 Å². The monoisotopic (exact) mass is 668 g/mol. The zero-order valence-electron chi connectivity index (χ0n) is 31.9. The first-order chi connectivity index (χ1) is 23.1. The third-order valence-electron chi connectivity index (χ3n) is 16.9. The van der Waals surface area contributed by atoms with Crippen molar-refractivity contribution in [1.82, 2.24) is 10.2 Å². The van der Waals surface area contributed by atoms with Gasteiger partial charge in [0.25, 0.3) is 0 Å². The van der Waals surface area contributed by atoms with Crippen LogP contribution < -0.4 is 5.32 Å². The van der Waals surface area contributed by atoms with Crippen molar-refractivity contribution in [1.29, 1.82) is 0 Å². The van der Waals surface area contributed by atoms with Gasteiger partial charge >= 0.3 is 5.97 Å². The van der Waals surface area contributed by atoms with E-state index in [1.165, 1.54) is 75.2 Å². The van der Waals surface area contributed by atoms with Crippen LogP contribution in [0.5, 0.6) is 0 Å². The van der Waals surface area contributed by atoms with Crippen molar-refractivity contribution in [3.05, 3.63) is 53.6 Å². The molecule has 0 bridgehead atoms. The van der Waals surface area contributed by atoms with E-state index in [0.717, 1.165) is 32.4 Å². The Morgan fingerprint density at radius 3 is 2.31 bits per heavy atom. The molecular formula is C44H64N2O3. The van der Waals surface area contributed by atoms with Gasteiger partial charge in [-0.2, -0.15) is 0 Å². The van der Waals surface area contributed by atoms with E-state index in [2.05, 4.69) is 83.6 Å². The number of ether oxygens (including phenoxy) is 1. The molecule has 1 amide bonds. The van der Waals surface area contributed by atoms with E-state index in [1.807, 2.05) is 12.1 Å². The van der Waals surface area contributed by atoms with Crippen LogP contribution in [0.15, 0.2) is 42.5 Å². The zero-order chi connectivity index (χ0) is 35.1. The summed E-state index contributed by atoms with van der Waals surface area (Å²) in [5, 5.41) is 3.56. The second kappa shape index (κ2) is 12.1. The first-order valence-electron chi connectivity index (χ1n) is 19.7. The molecule has 5 aliphatic carbocycles. The molecule has 49 heavy (non-hydrogen) atoms. The molecule has 0 aromatic heterocycles. The molecule has 0 radical (unpaired) electrons. The Hall–Kier alpha value is -2.40. The highest BCUT2D eigenvalue weighted by atomic mass is 16.5. The van der Waals surface area contributed by atoms with Crippen LogP contribution in [0.3, 0.4) is 0 Å². The summed E-state index contributed by atoms with van der Waals surface area (Å²) < 4.78 is 4.97. The van der Waals surface area contributed by atoms with Crippen LogP contribution in [0.25, 0.3) is 5.57 Å². The van der Waals surface area contributed by atoms with E-state index in [-0.39, 0.29) is 45.0 Å². The van der Waals surface area contributed by atoms with Gasteiger partial charge in [-0.3, -0.25) is 9.69 Å². The van der Waals surface area contributed by atoms with Gasteiger partial charge in [0.15, 0.2) is 0 Å². The number of nitrogens with zero attached hydrogens (tertiary/aromatic N) is 1. The molecule has 5 heteroatoms.